The number of nitrogens with two attached hydrogens (primary N) is 1. The molecule has 0 radical (unpaired) electrons. The van der Waals surface area contributed by atoms with Gasteiger partial charge in [-0.25, -0.2) is 0 Å². The topological polar surface area (TPSA) is 101 Å². The Balaban J connectivity index is -0.00000800. The Bertz CT molecular complexity index is 680. The molecule has 1 amide bonds. The van der Waals surface area contributed by atoms with Crippen molar-refractivity contribution >= 4 is 30.1 Å². The van der Waals surface area contributed by atoms with Crippen LogP contribution in [0.4, 0.5) is 0 Å². The maximum absolute atomic E-state index is 13.8. The minimum atomic E-state index is -1.57. The third-order valence-corrected chi connectivity index (χ3v) is 8.29. The number of rotatable bonds is 30. The molecule has 3 N–H and O–H groups in total. The molecule has 0 spiro atoms. The quantitative estimate of drug-likeness (QED) is 0.0651. The number of carbonyl (C=O) groups is 3. The first kappa shape index (κ1) is 46.5. The minimum Gasteiger partial charge on any atom is -1.00 e. The van der Waals surface area contributed by atoms with Gasteiger partial charge in [0.25, 0.3) is 0 Å². The number of amides is 1. The second kappa shape index (κ2) is 28.6. The summed E-state index contributed by atoms with van der Waals surface area (Å²) < 4.78 is 0.366. The Morgan fingerprint density at radius 2 is 0.977 bits per heavy atom. The van der Waals surface area contributed by atoms with E-state index in [4.69, 9.17) is 5.73 Å². The van der Waals surface area contributed by atoms with E-state index >= 15 is 0 Å². The number of nitrogens with zero attached hydrogens (tertiary/aromatic N) is 2. The molecular formula is C34H69Cl2N3O4. The van der Waals surface area contributed by atoms with Crippen LogP contribution in [0, 0.1) is 0 Å². The summed E-state index contributed by atoms with van der Waals surface area (Å²) in [5.74, 6) is -1.96. The molecule has 9 heteroatoms. The molecule has 0 bridgehead atoms. The van der Waals surface area contributed by atoms with E-state index in [2.05, 4.69) is 13.8 Å². The predicted molar refractivity (Wildman–Crippen MR) is 179 cm³/mol. The van der Waals surface area contributed by atoms with E-state index in [-0.39, 0.29) is 50.0 Å². The molecule has 0 aromatic carbocycles. The van der Waals surface area contributed by atoms with E-state index < -0.39 is 17.4 Å². The summed E-state index contributed by atoms with van der Waals surface area (Å²) in [5, 5.41) is 9.50. The van der Waals surface area contributed by atoms with E-state index in [9.17, 15) is 19.5 Å². The van der Waals surface area contributed by atoms with Crippen LogP contribution in [0.25, 0.3) is 0 Å². The van der Waals surface area contributed by atoms with Crippen LogP contribution in [0.15, 0.2) is 0 Å². The number of hydrogen-bond donors (Lipinski definition) is 2. The zero-order chi connectivity index (χ0) is 31.0. The standard InChI is InChI=1S/C34H67N3O4.2ClH/c1-6-8-10-12-14-16-18-20-22-24-28-36(29-25-23-21-19-17-15-13-11-9-7-2)34(33(35)41,27-26-32(39)40)31(38)30-37(3,4)5;;/h6-30H2,1-5H3,(H2-,35,39,40,41);2*1H/t34-;;/m0../s1. The number of aliphatic carboxylic acids is 1. The normalized spacial score (nSPS) is 12.8. The summed E-state index contributed by atoms with van der Waals surface area (Å²) in [6, 6.07) is 0. The molecule has 43 heavy (non-hydrogen) atoms. The average Bonchev–Trinajstić information content (AvgIpc) is 2.89. The number of carboxylic acids is 1. The predicted octanol–water partition coefficient (Wildman–Crippen LogP) is 4.92. The van der Waals surface area contributed by atoms with Crippen molar-refractivity contribution in [1.29, 1.82) is 0 Å². The largest absolute Gasteiger partial charge is 1.00 e. The second-order valence-corrected chi connectivity index (χ2v) is 13.3. The molecule has 0 rings (SSSR count). The minimum absolute atomic E-state index is 0. The lowest BCUT2D eigenvalue weighted by molar-refractivity contribution is -0.862. The molecule has 0 aromatic heterocycles. The molecule has 0 unspecified atom stereocenters. The van der Waals surface area contributed by atoms with Crippen molar-refractivity contribution in [3.8, 4) is 0 Å². The molecule has 0 aliphatic carbocycles. The number of quaternary nitrogens is 1. The van der Waals surface area contributed by atoms with E-state index in [0.29, 0.717) is 17.6 Å². The Hall–Kier alpha value is -0.890. The molecule has 0 saturated heterocycles. The molecule has 0 heterocycles. The molecule has 7 nitrogen and oxygen atoms in total. The molecular weight excluding hydrogens is 585 g/mol. The highest BCUT2D eigenvalue weighted by Gasteiger charge is 2.50. The summed E-state index contributed by atoms with van der Waals surface area (Å²) in [6.07, 6.45) is 23.9. The van der Waals surface area contributed by atoms with Crippen molar-refractivity contribution in [3.63, 3.8) is 0 Å². The molecule has 0 aromatic rings. The van der Waals surface area contributed by atoms with Gasteiger partial charge in [-0.3, -0.25) is 19.3 Å². The molecule has 0 saturated carbocycles. The maximum atomic E-state index is 13.8. The van der Waals surface area contributed by atoms with Gasteiger partial charge in [-0.2, -0.15) is 0 Å². The van der Waals surface area contributed by atoms with Crippen LogP contribution >= 0.6 is 12.4 Å². The highest BCUT2D eigenvalue weighted by atomic mass is 35.5. The molecule has 1 atom stereocenters. The summed E-state index contributed by atoms with van der Waals surface area (Å²) in [4.78, 5) is 40.5. The second-order valence-electron chi connectivity index (χ2n) is 13.3. The number of unbranched alkanes of at least 4 members (excludes halogenated alkanes) is 18. The fraction of sp³-hybridized carbons (Fsp3) is 0.912. The smallest absolute Gasteiger partial charge is 0.303 e. The molecule has 258 valence electrons. The number of halogens is 2. The van der Waals surface area contributed by atoms with Crippen molar-refractivity contribution in [1.82, 2.24) is 4.90 Å². The van der Waals surface area contributed by atoms with E-state index in [1.807, 2.05) is 26.0 Å². The van der Waals surface area contributed by atoms with Crippen molar-refractivity contribution in [3.05, 3.63) is 0 Å². The van der Waals surface area contributed by atoms with E-state index in [0.717, 1.165) is 38.5 Å². The lowest BCUT2D eigenvalue weighted by Gasteiger charge is -2.41. The number of Topliss-reactive ketones (excluding diaryl/α,β-unsaturated/α-hetero) is 1. The third-order valence-electron chi connectivity index (χ3n) is 8.29. The molecule has 0 aliphatic heterocycles. The average molecular weight is 655 g/mol. The van der Waals surface area contributed by atoms with E-state index in [1.165, 1.54) is 89.9 Å². The Kier molecular flexibility index (Phi) is 30.9. The fourth-order valence-corrected chi connectivity index (χ4v) is 5.81. The summed E-state index contributed by atoms with van der Waals surface area (Å²) in [6.45, 7) is 5.81. The van der Waals surface area contributed by atoms with Crippen LogP contribution in [0.1, 0.15) is 155 Å². The fourth-order valence-electron chi connectivity index (χ4n) is 5.81. The number of likely N-dealkylation sites (N-methyl/N-ethyl adjacent to an activating group) is 1. The lowest BCUT2D eigenvalue weighted by atomic mass is 9.84. The van der Waals surface area contributed by atoms with E-state index in [1.54, 1.807) is 0 Å². The van der Waals surface area contributed by atoms with Crippen molar-refractivity contribution in [2.75, 3.05) is 40.8 Å². The zero-order valence-corrected chi connectivity index (χ0v) is 30.2. The number of carbonyl (C=O) groups excluding carboxylic acids is 2. The summed E-state index contributed by atoms with van der Waals surface area (Å²) >= 11 is 0. The van der Waals surface area contributed by atoms with Gasteiger partial charge in [0.05, 0.1) is 21.1 Å². The van der Waals surface area contributed by atoms with Gasteiger partial charge in [-0.05, 0) is 32.4 Å². The SMILES string of the molecule is CCCCCCCCCCCCN(CCCCCCCCCCCC)[C@](CCC(=O)O)(C(N)=O)C(=O)C[N+](C)(C)C.Cl.[Cl-]. The monoisotopic (exact) mass is 653 g/mol. The molecule has 0 aliphatic rings. The van der Waals surface area contributed by atoms with Crippen LogP contribution in [-0.4, -0.2) is 78.5 Å². The van der Waals surface area contributed by atoms with Crippen molar-refractivity contribution in [2.45, 2.75) is 161 Å². The van der Waals surface area contributed by atoms with Gasteiger partial charge in [0, 0.05) is 6.42 Å². The van der Waals surface area contributed by atoms with Gasteiger partial charge >= 0.3 is 5.97 Å². The first-order chi connectivity index (χ1) is 19.5. The van der Waals surface area contributed by atoms with Crippen LogP contribution in [0.5, 0.6) is 0 Å². The lowest BCUT2D eigenvalue weighted by Crippen LogP contribution is -3.00. The Morgan fingerprint density at radius 1 is 0.651 bits per heavy atom. The van der Waals surface area contributed by atoms with Gasteiger partial charge in [-0.1, -0.05) is 129 Å². The van der Waals surface area contributed by atoms with Crippen molar-refractivity contribution < 1.29 is 36.4 Å². The number of carboxylic acid groups (broad SMARTS) is 1. The summed E-state index contributed by atoms with van der Waals surface area (Å²) in [7, 11) is 5.74. The number of hydrogen-bond acceptors (Lipinski definition) is 4. The summed E-state index contributed by atoms with van der Waals surface area (Å²) in [5.41, 5.74) is 4.45. The molecule has 0 fully saturated rings. The van der Waals surface area contributed by atoms with Gasteiger partial charge in [-0.15, -0.1) is 12.4 Å². The Morgan fingerprint density at radius 3 is 1.26 bits per heavy atom. The van der Waals surface area contributed by atoms with Gasteiger partial charge in [0.2, 0.25) is 11.7 Å². The van der Waals surface area contributed by atoms with Crippen LogP contribution < -0.4 is 18.1 Å². The zero-order valence-electron chi connectivity index (χ0n) is 28.6. The third kappa shape index (κ3) is 23.2. The maximum Gasteiger partial charge on any atom is 0.303 e. The highest BCUT2D eigenvalue weighted by Crippen LogP contribution is 2.27. The van der Waals surface area contributed by atoms with Gasteiger partial charge < -0.3 is 27.7 Å². The first-order valence-corrected chi connectivity index (χ1v) is 17.1. The van der Waals surface area contributed by atoms with Gasteiger partial charge in [0.15, 0.2) is 5.54 Å². The van der Waals surface area contributed by atoms with Crippen molar-refractivity contribution in [2.24, 2.45) is 5.73 Å². The Labute approximate surface area is 277 Å². The number of primary amides is 1. The highest BCUT2D eigenvalue weighted by molar-refractivity contribution is 6.10. The first-order valence-electron chi connectivity index (χ1n) is 17.1. The van der Waals surface area contributed by atoms with Crippen LogP contribution in [-0.2, 0) is 14.4 Å². The van der Waals surface area contributed by atoms with Crippen LogP contribution in [0.2, 0.25) is 0 Å². The van der Waals surface area contributed by atoms with Crippen LogP contribution in [0.3, 0.4) is 0 Å². The van der Waals surface area contributed by atoms with Gasteiger partial charge in [0.1, 0.15) is 6.54 Å². The number of ketones is 1.